The summed E-state index contributed by atoms with van der Waals surface area (Å²) in [5.41, 5.74) is 1.81. The monoisotopic (exact) mass is 549 g/mol. The molecule has 10 heteroatoms. The Bertz CT molecular complexity index is 1510. The van der Waals surface area contributed by atoms with Gasteiger partial charge < -0.3 is 4.42 Å². The van der Waals surface area contributed by atoms with Gasteiger partial charge in [-0.05, 0) is 61.0 Å². The number of hydrogen-bond donors (Lipinski definition) is 0. The lowest BCUT2D eigenvalue weighted by molar-refractivity contribution is 0.444. The van der Waals surface area contributed by atoms with Gasteiger partial charge in [0.15, 0.2) is 0 Å². The molecule has 0 saturated carbocycles. The highest BCUT2D eigenvalue weighted by Gasteiger charge is 2.35. The second-order valence-corrected chi connectivity index (χ2v) is 12.0. The lowest BCUT2D eigenvalue weighted by Crippen LogP contribution is -2.11. The highest BCUT2D eigenvalue weighted by atomic mass is 79.9. The Labute approximate surface area is 199 Å². The Morgan fingerprint density at radius 1 is 0.879 bits per heavy atom. The molecule has 0 radical (unpaired) electrons. The number of aromatic nitrogens is 1. The SMILES string of the molecule is Cc1ccc(-c2nc(S(=O)(=O)c3ccc(F)cc3)c(S(=O)(=O)Cc3ccc(Br)cc3)o2)cc1. The Morgan fingerprint density at radius 3 is 2.09 bits per heavy atom. The molecule has 33 heavy (non-hydrogen) atoms. The first-order valence-corrected chi connectivity index (χ1v) is 13.5. The average Bonchev–Trinajstić information content (AvgIpc) is 3.24. The number of halogens is 2. The predicted molar refractivity (Wildman–Crippen MR) is 124 cm³/mol. The van der Waals surface area contributed by atoms with Crippen molar-refractivity contribution < 1.29 is 25.6 Å². The highest BCUT2D eigenvalue weighted by molar-refractivity contribution is 9.10. The summed E-state index contributed by atoms with van der Waals surface area (Å²) in [4.78, 5) is 3.77. The van der Waals surface area contributed by atoms with Gasteiger partial charge in [0.05, 0.1) is 10.6 Å². The van der Waals surface area contributed by atoms with E-state index >= 15 is 0 Å². The first-order chi connectivity index (χ1) is 15.6. The van der Waals surface area contributed by atoms with E-state index in [9.17, 15) is 21.2 Å². The van der Waals surface area contributed by atoms with Crippen molar-refractivity contribution >= 4 is 35.6 Å². The Balaban J connectivity index is 1.88. The van der Waals surface area contributed by atoms with E-state index in [1.165, 1.54) is 0 Å². The van der Waals surface area contributed by atoms with Crippen LogP contribution < -0.4 is 0 Å². The van der Waals surface area contributed by atoms with Gasteiger partial charge in [0.25, 0.3) is 5.09 Å². The number of rotatable bonds is 6. The maximum atomic E-state index is 13.3. The van der Waals surface area contributed by atoms with Crippen molar-refractivity contribution in [3.63, 3.8) is 0 Å². The van der Waals surface area contributed by atoms with Crippen LogP contribution in [0, 0.1) is 12.7 Å². The van der Waals surface area contributed by atoms with E-state index in [1.54, 1.807) is 48.5 Å². The summed E-state index contributed by atoms with van der Waals surface area (Å²) >= 11 is 3.29. The van der Waals surface area contributed by atoms with Gasteiger partial charge in [-0.25, -0.2) is 21.2 Å². The number of aryl methyl sites for hydroxylation is 1. The fourth-order valence-corrected chi connectivity index (χ4v) is 6.51. The summed E-state index contributed by atoms with van der Waals surface area (Å²) in [6.07, 6.45) is 0. The van der Waals surface area contributed by atoms with Gasteiger partial charge in [0.2, 0.25) is 30.6 Å². The zero-order chi connectivity index (χ0) is 23.8. The van der Waals surface area contributed by atoms with E-state index < -0.39 is 41.4 Å². The molecule has 0 bridgehead atoms. The minimum absolute atomic E-state index is 0.148. The highest BCUT2D eigenvalue weighted by Crippen LogP contribution is 2.33. The molecule has 0 N–H and O–H groups in total. The molecule has 0 atom stereocenters. The summed E-state index contributed by atoms with van der Waals surface area (Å²) in [7, 11) is -8.67. The molecule has 4 rings (SSSR count). The largest absolute Gasteiger partial charge is 0.423 e. The summed E-state index contributed by atoms with van der Waals surface area (Å²) in [5.74, 6) is -1.27. The molecule has 1 heterocycles. The van der Waals surface area contributed by atoms with Gasteiger partial charge in [0.1, 0.15) is 5.82 Å². The van der Waals surface area contributed by atoms with Crippen LogP contribution >= 0.6 is 15.9 Å². The normalized spacial score (nSPS) is 12.1. The van der Waals surface area contributed by atoms with Crippen LogP contribution in [0.15, 0.2) is 96.7 Å². The van der Waals surface area contributed by atoms with Crippen LogP contribution in [0.3, 0.4) is 0 Å². The molecular formula is C23H17BrFNO5S2. The third-order valence-corrected chi connectivity index (χ3v) is 8.69. The average molecular weight is 550 g/mol. The zero-order valence-electron chi connectivity index (χ0n) is 17.2. The number of benzene rings is 3. The quantitative estimate of drug-likeness (QED) is 0.300. The van der Waals surface area contributed by atoms with Crippen molar-refractivity contribution in [3.05, 3.63) is 94.2 Å². The fraction of sp³-hybridized carbons (Fsp3) is 0.0870. The molecule has 0 amide bonds. The van der Waals surface area contributed by atoms with E-state index in [-0.39, 0.29) is 10.8 Å². The van der Waals surface area contributed by atoms with Crippen LogP contribution in [0.5, 0.6) is 0 Å². The predicted octanol–water partition coefficient (Wildman–Crippen LogP) is 5.36. The summed E-state index contributed by atoms with van der Waals surface area (Å²) in [6, 6.07) is 17.5. The molecule has 3 aromatic carbocycles. The maximum absolute atomic E-state index is 13.3. The first kappa shape index (κ1) is 23.3. The second kappa shape index (κ2) is 8.85. The number of hydrogen-bond acceptors (Lipinski definition) is 6. The zero-order valence-corrected chi connectivity index (χ0v) is 20.4. The summed E-state index contributed by atoms with van der Waals surface area (Å²) < 4.78 is 72.8. The Morgan fingerprint density at radius 2 is 1.48 bits per heavy atom. The van der Waals surface area contributed by atoms with Crippen molar-refractivity contribution in [1.29, 1.82) is 0 Å². The smallest absolute Gasteiger partial charge is 0.258 e. The molecular weight excluding hydrogens is 533 g/mol. The van der Waals surface area contributed by atoms with Gasteiger partial charge in [-0.2, -0.15) is 4.98 Å². The number of oxazole rings is 1. The van der Waals surface area contributed by atoms with Crippen molar-refractivity contribution in [2.45, 2.75) is 27.7 Å². The van der Waals surface area contributed by atoms with Gasteiger partial charge in [-0.1, -0.05) is 45.8 Å². The first-order valence-electron chi connectivity index (χ1n) is 9.62. The van der Waals surface area contributed by atoms with Gasteiger partial charge in [-0.15, -0.1) is 0 Å². The number of nitrogens with zero attached hydrogens (tertiary/aromatic N) is 1. The van der Waals surface area contributed by atoms with Crippen LogP contribution in [0.4, 0.5) is 4.39 Å². The van der Waals surface area contributed by atoms with E-state index in [4.69, 9.17) is 4.42 Å². The van der Waals surface area contributed by atoms with E-state index in [2.05, 4.69) is 20.9 Å². The van der Waals surface area contributed by atoms with Crippen LogP contribution in [-0.2, 0) is 25.4 Å². The minimum atomic E-state index is -4.42. The molecule has 0 aliphatic carbocycles. The lowest BCUT2D eigenvalue weighted by atomic mass is 10.1. The minimum Gasteiger partial charge on any atom is -0.423 e. The topological polar surface area (TPSA) is 94.3 Å². The molecule has 6 nitrogen and oxygen atoms in total. The van der Waals surface area contributed by atoms with Crippen LogP contribution in [-0.4, -0.2) is 21.8 Å². The molecule has 0 spiro atoms. The summed E-state index contributed by atoms with van der Waals surface area (Å²) in [5, 5.41) is -1.49. The van der Waals surface area contributed by atoms with E-state index in [0.29, 0.717) is 11.1 Å². The standard InChI is InChI=1S/C23H17BrFNO5S2/c1-15-2-6-17(7-3-15)21-26-22(33(29,30)20-12-10-19(25)11-13-20)23(31-21)32(27,28)14-16-4-8-18(24)9-5-16/h2-13H,14H2,1H3. The van der Waals surface area contributed by atoms with Crippen molar-refractivity contribution in [3.8, 4) is 11.5 Å². The molecule has 170 valence electrons. The second-order valence-electron chi connectivity index (χ2n) is 7.32. The Kier molecular flexibility index (Phi) is 6.26. The molecule has 0 aliphatic heterocycles. The third kappa shape index (κ3) is 4.92. The van der Waals surface area contributed by atoms with Crippen LogP contribution in [0.2, 0.25) is 0 Å². The van der Waals surface area contributed by atoms with Crippen molar-refractivity contribution in [1.82, 2.24) is 4.98 Å². The summed E-state index contributed by atoms with van der Waals surface area (Å²) in [6.45, 7) is 1.87. The van der Waals surface area contributed by atoms with E-state index in [1.807, 2.05) is 6.92 Å². The molecule has 0 saturated heterocycles. The molecule has 0 fully saturated rings. The van der Waals surface area contributed by atoms with Crippen LogP contribution in [0.25, 0.3) is 11.5 Å². The lowest BCUT2D eigenvalue weighted by Gasteiger charge is -2.05. The van der Waals surface area contributed by atoms with Gasteiger partial charge in [-0.3, -0.25) is 0 Å². The fourth-order valence-electron chi connectivity index (χ4n) is 3.07. The van der Waals surface area contributed by atoms with Gasteiger partial charge >= 0.3 is 0 Å². The molecule has 4 aromatic rings. The third-order valence-electron chi connectivity index (χ3n) is 4.80. The Hall–Kier alpha value is -2.82. The van der Waals surface area contributed by atoms with Crippen molar-refractivity contribution in [2.75, 3.05) is 0 Å². The molecule has 0 unspecified atom stereocenters. The van der Waals surface area contributed by atoms with E-state index in [0.717, 1.165) is 34.3 Å². The van der Waals surface area contributed by atoms with Crippen LogP contribution in [0.1, 0.15) is 11.1 Å². The van der Waals surface area contributed by atoms with Gasteiger partial charge in [0, 0.05) is 10.0 Å². The number of sulfone groups is 2. The maximum Gasteiger partial charge on any atom is 0.258 e. The molecule has 1 aromatic heterocycles. The molecule has 0 aliphatic rings. The van der Waals surface area contributed by atoms with Crippen molar-refractivity contribution in [2.24, 2.45) is 0 Å².